The minimum atomic E-state index is -0.833. The molecule has 0 unspecified atom stereocenters. The summed E-state index contributed by atoms with van der Waals surface area (Å²) in [5.74, 6) is -0.822. The van der Waals surface area contributed by atoms with Gasteiger partial charge in [0.05, 0.1) is 5.71 Å². The second kappa shape index (κ2) is 10.4. The molecular formula is C28H28ClNO2. The van der Waals surface area contributed by atoms with Crippen LogP contribution in [-0.4, -0.2) is 23.3 Å². The molecule has 3 aromatic rings. The van der Waals surface area contributed by atoms with Gasteiger partial charge in [-0.1, -0.05) is 90.5 Å². The van der Waals surface area contributed by atoms with E-state index in [1.165, 1.54) is 0 Å². The predicted octanol–water partition coefficient (Wildman–Crippen LogP) is 6.86. The number of esters is 1. The summed E-state index contributed by atoms with van der Waals surface area (Å²) < 4.78 is 5.78. The minimum absolute atomic E-state index is 0.410. The highest BCUT2D eigenvalue weighted by Gasteiger charge is 2.32. The van der Waals surface area contributed by atoms with Crippen LogP contribution < -0.4 is 0 Å². The molecule has 0 radical (unpaired) electrons. The molecule has 0 bridgehead atoms. The lowest BCUT2D eigenvalue weighted by atomic mass is 9.90. The van der Waals surface area contributed by atoms with Gasteiger partial charge in [-0.05, 0) is 38.5 Å². The van der Waals surface area contributed by atoms with Gasteiger partial charge in [0.25, 0.3) is 0 Å². The van der Waals surface area contributed by atoms with Gasteiger partial charge in [-0.15, -0.1) is 6.58 Å². The Bertz CT molecular complexity index is 1040. The molecule has 0 amide bonds. The quantitative estimate of drug-likeness (QED) is 0.226. The van der Waals surface area contributed by atoms with Gasteiger partial charge in [0, 0.05) is 22.1 Å². The lowest BCUT2D eigenvalue weighted by molar-refractivity contribution is -0.156. The van der Waals surface area contributed by atoms with Crippen LogP contribution in [0.15, 0.2) is 103 Å². The number of ether oxygens (including phenoxy) is 1. The molecule has 3 aromatic carbocycles. The Kier molecular flexibility index (Phi) is 7.66. The third-order valence-electron chi connectivity index (χ3n) is 4.84. The van der Waals surface area contributed by atoms with E-state index in [-0.39, 0.29) is 0 Å². The predicted molar refractivity (Wildman–Crippen MR) is 133 cm³/mol. The molecule has 0 fully saturated rings. The molecule has 4 heteroatoms. The Morgan fingerprint density at radius 3 is 1.97 bits per heavy atom. The maximum absolute atomic E-state index is 13.4. The highest BCUT2D eigenvalue weighted by Crippen LogP contribution is 2.29. The Labute approximate surface area is 195 Å². The molecule has 0 aliphatic rings. The van der Waals surface area contributed by atoms with Crippen molar-refractivity contribution in [3.63, 3.8) is 0 Å². The number of aliphatic imine (C=N–C) groups is 1. The summed E-state index contributed by atoms with van der Waals surface area (Å²) in [6.45, 7) is 9.55. The zero-order chi connectivity index (χ0) is 23.1. The lowest BCUT2D eigenvalue weighted by Crippen LogP contribution is -2.35. The molecule has 0 aliphatic carbocycles. The van der Waals surface area contributed by atoms with Crippen LogP contribution in [-0.2, 0) is 9.53 Å². The van der Waals surface area contributed by atoms with Gasteiger partial charge >= 0.3 is 5.97 Å². The molecule has 0 saturated heterocycles. The standard InChI is InChI=1S/C28H28ClNO2/c1-5-24(22-17-12-18-23(29)19-22)26(27(31)32-28(2,3)4)30-25(20-13-8-6-9-14-20)21-15-10-7-11-16-21/h5-19,24,26H,1H2,2-4H3/t24-,26-/m0/s1. The summed E-state index contributed by atoms with van der Waals surface area (Å²) in [6.07, 6.45) is 1.73. The van der Waals surface area contributed by atoms with Crippen molar-refractivity contribution in [2.24, 2.45) is 4.99 Å². The topological polar surface area (TPSA) is 38.7 Å². The highest BCUT2D eigenvalue weighted by molar-refractivity contribution is 6.30. The third-order valence-corrected chi connectivity index (χ3v) is 5.07. The van der Waals surface area contributed by atoms with E-state index in [4.69, 9.17) is 21.3 Å². The van der Waals surface area contributed by atoms with Crippen LogP contribution in [0.3, 0.4) is 0 Å². The number of benzene rings is 3. The van der Waals surface area contributed by atoms with Gasteiger partial charge in [-0.3, -0.25) is 4.99 Å². The van der Waals surface area contributed by atoms with Crippen LogP contribution in [0.25, 0.3) is 0 Å². The molecule has 0 aromatic heterocycles. The lowest BCUT2D eigenvalue weighted by Gasteiger charge is -2.27. The van der Waals surface area contributed by atoms with Gasteiger partial charge in [0.15, 0.2) is 6.04 Å². The first-order chi connectivity index (χ1) is 15.3. The summed E-state index contributed by atoms with van der Waals surface area (Å²) in [4.78, 5) is 18.4. The molecule has 0 aliphatic heterocycles. The van der Waals surface area contributed by atoms with Crippen LogP contribution in [0.5, 0.6) is 0 Å². The first kappa shape index (κ1) is 23.5. The van der Waals surface area contributed by atoms with Gasteiger partial charge in [-0.25, -0.2) is 4.79 Å². The molecule has 3 rings (SSSR count). The van der Waals surface area contributed by atoms with Crippen molar-refractivity contribution in [1.29, 1.82) is 0 Å². The molecular weight excluding hydrogens is 418 g/mol. The van der Waals surface area contributed by atoms with Crippen molar-refractivity contribution in [1.82, 2.24) is 0 Å². The number of rotatable bonds is 7. The zero-order valence-corrected chi connectivity index (χ0v) is 19.4. The van der Waals surface area contributed by atoms with Crippen LogP contribution >= 0.6 is 11.6 Å². The highest BCUT2D eigenvalue weighted by atomic mass is 35.5. The SMILES string of the molecule is C=C[C@@H](c1cccc(Cl)c1)[C@H](N=C(c1ccccc1)c1ccccc1)C(=O)OC(C)(C)C. The zero-order valence-electron chi connectivity index (χ0n) is 18.7. The van der Waals surface area contributed by atoms with Crippen molar-refractivity contribution >= 4 is 23.3 Å². The number of carbonyl (C=O) groups excluding carboxylic acids is 1. The molecule has 3 nitrogen and oxygen atoms in total. The summed E-state index contributed by atoms with van der Waals surface area (Å²) in [6, 6.07) is 26.3. The molecule has 32 heavy (non-hydrogen) atoms. The largest absolute Gasteiger partial charge is 0.458 e. The molecule has 0 spiro atoms. The first-order valence-electron chi connectivity index (χ1n) is 10.6. The van der Waals surface area contributed by atoms with Gasteiger partial charge in [0.1, 0.15) is 5.60 Å². The summed E-state index contributed by atoms with van der Waals surface area (Å²) >= 11 is 6.25. The van der Waals surface area contributed by atoms with E-state index in [0.29, 0.717) is 5.02 Å². The van der Waals surface area contributed by atoms with Crippen LogP contribution in [0.1, 0.15) is 43.4 Å². The average molecular weight is 446 g/mol. The molecule has 164 valence electrons. The maximum atomic E-state index is 13.4. The van der Waals surface area contributed by atoms with E-state index in [2.05, 4.69) is 6.58 Å². The minimum Gasteiger partial charge on any atom is -0.458 e. The van der Waals surface area contributed by atoms with Crippen LogP contribution in [0.2, 0.25) is 5.02 Å². The fourth-order valence-corrected chi connectivity index (χ4v) is 3.65. The second-order valence-electron chi connectivity index (χ2n) is 8.50. The monoisotopic (exact) mass is 445 g/mol. The molecule has 0 heterocycles. The van der Waals surface area contributed by atoms with Crippen molar-refractivity contribution in [2.45, 2.75) is 38.3 Å². The Morgan fingerprint density at radius 2 is 1.50 bits per heavy atom. The Balaban J connectivity index is 2.18. The number of halogens is 1. The van der Waals surface area contributed by atoms with E-state index >= 15 is 0 Å². The first-order valence-corrected chi connectivity index (χ1v) is 11.0. The van der Waals surface area contributed by atoms with Crippen molar-refractivity contribution in [3.05, 3.63) is 119 Å². The fraction of sp³-hybridized carbons (Fsp3) is 0.214. The maximum Gasteiger partial charge on any atom is 0.332 e. The van der Waals surface area contributed by atoms with Gasteiger partial charge in [-0.2, -0.15) is 0 Å². The van der Waals surface area contributed by atoms with E-state index in [1.54, 1.807) is 12.1 Å². The molecule has 0 N–H and O–H groups in total. The van der Waals surface area contributed by atoms with Crippen molar-refractivity contribution in [3.8, 4) is 0 Å². The molecule has 0 saturated carbocycles. The number of nitrogens with zero attached hydrogens (tertiary/aromatic N) is 1. The summed E-state index contributed by atoms with van der Waals surface area (Å²) in [5.41, 5.74) is 2.76. The number of hydrogen-bond acceptors (Lipinski definition) is 3. The smallest absolute Gasteiger partial charge is 0.332 e. The van der Waals surface area contributed by atoms with Crippen LogP contribution in [0, 0.1) is 0 Å². The average Bonchev–Trinajstić information content (AvgIpc) is 2.76. The van der Waals surface area contributed by atoms with E-state index < -0.39 is 23.5 Å². The fourth-order valence-electron chi connectivity index (χ4n) is 3.45. The van der Waals surface area contributed by atoms with E-state index in [1.807, 2.05) is 99.6 Å². The Hall–Kier alpha value is -3.17. The normalized spacial score (nSPS) is 13.0. The summed E-state index contributed by atoms with van der Waals surface area (Å²) in [5, 5.41) is 0.590. The van der Waals surface area contributed by atoms with Crippen LogP contribution in [0.4, 0.5) is 0 Å². The van der Waals surface area contributed by atoms with E-state index in [9.17, 15) is 4.79 Å². The molecule has 2 atom stereocenters. The number of carbonyl (C=O) groups is 1. The Morgan fingerprint density at radius 1 is 0.938 bits per heavy atom. The number of hydrogen-bond donors (Lipinski definition) is 0. The van der Waals surface area contributed by atoms with Crippen molar-refractivity contribution in [2.75, 3.05) is 0 Å². The van der Waals surface area contributed by atoms with Gasteiger partial charge < -0.3 is 4.74 Å². The third kappa shape index (κ3) is 6.18. The van der Waals surface area contributed by atoms with Gasteiger partial charge in [0.2, 0.25) is 0 Å². The van der Waals surface area contributed by atoms with Crippen molar-refractivity contribution < 1.29 is 9.53 Å². The second-order valence-corrected chi connectivity index (χ2v) is 8.94. The summed E-state index contributed by atoms with van der Waals surface area (Å²) in [7, 11) is 0. The van der Waals surface area contributed by atoms with E-state index in [0.717, 1.165) is 22.4 Å².